The first kappa shape index (κ1) is 16.7. The van der Waals surface area contributed by atoms with Crippen molar-refractivity contribution in [3.63, 3.8) is 0 Å². The van der Waals surface area contributed by atoms with Crippen molar-refractivity contribution >= 4 is 17.8 Å². The number of hydrogen-bond donors (Lipinski definition) is 0. The van der Waals surface area contributed by atoms with E-state index in [1.807, 2.05) is 20.8 Å². The normalized spacial score (nSPS) is 26.6. The number of hydrogen-bond acceptors (Lipinski definition) is 4. The fraction of sp³-hybridized carbons (Fsp3) is 0.800. The smallest absolute Gasteiger partial charge is 0.311 e. The molecule has 1 rings (SSSR count). The number of carbonyl (C=O) groups excluding carboxylic acids is 3. The van der Waals surface area contributed by atoms with Crippen LogP contribution >= 0.6 is 0 Å². The number of imide groups is 1. The lowest BCUT2D eigenvalue weighted by atomic mass is 9.63. The van der Waals surface area contributed by atoms with Crippen LogP contribution in [-0.4, -0.2) is 36.8 Å². The number of esters is 1. The molecule has 0 radical (unpaired) electrons. The summed E-state index contributed by atoms with van der Waals surface area (Å²) >= 11 is 0. The van der Waals surface area contributed by atoms with Crippen molar-refractivity contribution in [3.05, 3.63) is 0 Å². The monoisotopic (exact) mass is 283 g/mol. The van der Waals surface area contributed by atoms with Crippen molar-refractivity contribution in [1.29, 1.82) is 0 Å². The standard InChI is InChI=1S/C15H25NO4/c1-13(2)8-15(5,11(18)16(6)10(13)17)9-14(3,4)12(19)20-7/h8-9H2,1-7H3. The highest BCUT2D eigenvalue weighted by atomic mass is 16.5. The topological polar surface area (TPSA) is 63.7 Å². The van der Waals surface area contributed by atoms with E-state index in [0.29, 0.717) is 12.8 Å². The molecule has 1 atom stereocenters. The van der Waals surface area contributed by atoms with Gasteiger partial charge in [0.1, 0.15) is 0 Å². The number of nitrogens with zero attached hydrogens (tertiary/aromatic N) is 1. The van der Waals surface area contributed by atoms with E-state index < -0.39 is 16.2 Å². The molecule has 0 N–H and O–H groups in total. The summed E-state index contributed by atoms with van der Waals surface area (Å²) in [6, 6.07) is 0. The summed E-state index contributed by atoms with van der Waals surface area (Å²) in [5.41, 5.74) is -2.12. The van der Waals surface area contributed by atoms with Gasteiger partial charge in [0.2, 0.25) is 11.8 Å². The lowest BCUT2D eigenvalue weighted by Gasteiger charge is -2.46. The Morgan fingerprint density at radius 1 is 1.25 bits per heavy atom. The molecule has 1 unspecified atom stereocenters. The third-order valence-electron chi connectivity index (χ3n) is 4.11. The van der Waals surface area contributed by atoms with Gasteiger partial charge in [-0.25, -0.2) is 0 Å². The van der Waals surface area contributed by atoms with Crippen LogP contribution in [0.1, 0.15) is 47.5 Å². The molecular weight excluding hydrogens is 258 g/mol. The minimum Gasteiger partial charge on any atom is -0.469 e. The van der Waals surface area contributed by atoms with Crippen molar-refractivity contribution in [2.45, 2.75) is 47.5 Å². The Labute approximate surface area is 120 Å². The summed E-state index contributed by atoms with van der Waals surface area (Å²) < 4.78 is 4.81. The molecule has 0 aromatic rings. The minimum atomic E-state index is -0.767. The molecule has 20 heavy (non-hydrogen) atoms. The molecule has 0 saturated carbocycles. The molecular formula is C15H25NO4. The van der Waals surface area contributed by atoms with Crippen LogP contribution in [0.2, 0.25) is 0 Å². The van der Waals surface area contributed by atoms with Gasteiger partial charge in [0, 0.05) is 17.9 Å². The van der Waals surface area contributed by atoms with Crippen LogP contribution in [0.4, 0.5) is 0 Å². The van der Waals surface area contributed by atoms with Crippen LogP contribution < -0.4 is 0 Å². The number of rotatable bonds is 3. The maximum atomic E-state index is 12.5. The summed E-state index contributed by atoms with van der Waals surface area (Å²) in [5, 5.41) is 0. The number of carbonyl (C=O) groups is 3. The van der Waals surface area contributed by atoms with Crippen LogP contribution in [0.3, 0.4) is 0 Å². The molecule has 0 aromatic heterocycles. The average Bonchev–Trinajstić information content (AvgIpc) is 2.31. The Morgan fingerprint density at radius 2 is 1.75 bits per heavy atom. The summed E-state index contributed by atoms with van der Waals surface area (Å²) in [5.74, 6) is -0.737. The zero-order chi connectivity index (χ0) is 15.9. The molecule has 2 amide bonds. The maximum absolute atomic E-state index is 12.5. The van der Waals surface area contributed by atoms with Crippen molar-refractivity contribution in [2.24, 2.45) is 16.2 Å². The lowest BCUT2D eigenvalue weighted by Crippen LogP contribution is -2.57. The van der Waals surface area contributed by atoms with E-state index in [9.17, 15) is 14.4 Å². The van der Waals surface area contributed by atoms with Crippen molar-refractivity contribution in [3.8, 4) is 0 Å². The van der Waals surface area contributed by atoms with Crippen LogP contribution in [0.5, 0.6) is 0 Å². The van der Waals surface area contributed by atoms with E-state index in [1.54, 1.807) is 13.8 Å². The zero-order valence-electron chi connectivity index (χ0n) is 13.5. The first-order valence-corrected chi connectivity index (χ1v) is 6.78. The van der Waals surface area contributed by atoms with Gasteiger partial charge in [0.15, 0.2) is 0 Å². The van der Waals surface area contributed by atoms with Crippen LogP contribution in [-0.2, 0) is 19.1 Å². The number of ether oxygens (including phenoxy) is 1. The average molecular weight is 283 g/mol. The van der Waals surface area contributed by atoms with Crippen LogP contribution in [0.15, 0.2) is 0 Å². The number of methoxy groups -OCH3 is 1. The highest BCUT2D eigenvalue weighted by Crippen LogP contribution is 2.47. The summed E-state index contributed by atoms with van der Waals surface area (Å²) in [6.45, 7) is 9.02. The van der Waals surface area contributed by atoms with Crippen LogP contribution in [0.25, 0.3) is 0 Å². The second-order valence-corrected chi connectivity index (χ2v) is 7.34. The van der Waals surface area contributed by atoms with Gasteiger partial charge in [-0.05, 0) is 26.7 Å². The Kier molecular flexibility index (Phi) is 4.05. The van der Waals surface area contributed by atoms with Crippen molar-refractivity contribution in [1.82, 2.24) is 4.90 Å². The molecule has 0 bridgehead atoms. The second-order valence-electron chi connectivity index (χ2n) is 7.34. The molecule has 1 fully saturated rings. The molecule has 0 aliphatic carbocycles. The fourth-order valence-corrected chi connectivity index (χ4v) is 3.54. The quantitative estimate of drug-likeness (QED) is 0.587. The predicted molar refractivity (Wildman–Crippen MR) is 74.7 cm³/mol. The number of amides is 2. The Balaban J connectivity index is 3.12. The van der Waals surface area contributed by atoms with Gasteiger partial charge in [-0.15, -0.1) is 0 Å². The maximum Gasteiger partial charge on any atom is 0.311 e. The fourth-order valence-electron chi connectivity index (χ4n) is 3.54. The third kappa shape index (κ3) is 2.72. The van der Waals surface area contributed by atoms with E-state index in [0.717, 1.165) is 0 Å². The van der Waals surface area contributed by atoms with Crippen LogP contribution in [0, 0.1) is 16.2 Å². The van der Waals surface area contributed by atoms with Gasteiger partial charge >= 0.3 is 5.97 Å². The van der Waals surface area contributed by atoms with Crippen molar-refractivity contribution < 1.29 is 19.1 Å². The van der Waals surface area contributed by atoms with E-state index in [-0.39, 0.29) is 17.8 Å². The Bertz CT molecular complexity index is 453. The largest absolute Gasteiger partial charge is 0.469 e. The Hall–Kier alpha value is -1.39. The van der Waals surface area contributed by atoms with E-state index >= 15 is 0 Å². The highest BCUT2D eigenvalue weighted by Gasteiger charge is 2.53. The SMILES string of the molecule is COC(=O)C(C)(C)CC1(C)CC(C)(C)C(=O)N(C)C1=O. The van der Waals surface area contributed by atoms with Gasteiger partial charge in [-0.1, -0.05) is 20.8 Å². The highest BCUT2D eigenvalue weighted by molar-refractivity contribution is 6.03. The molecule has 1 saturated heterocycles. The van der Waals surface area contributed by atoms with Gasteiger partial charge in [0.25, 0.3) is 0 Å². The van der Waals surface area contributed by atoms with Gasteiger partial charge < -0.3 is 4.74 Å². The summed E-state index contributed by atoms with van der Waals surface area (Å²) in [7, 11) is 2.85. The first-order chi connectivity index (χ1) is 8.87. The molecule has 1 aliphatic rings. The predicted octanol–water partition coefficient (Wildman–Crippen LogP) is 2.00. The van der Waals surface area contributed by atoms with Gasteiger partial charge in [-0.3, -0.25) is 19.3 Å². The summed E-state index contributed by atoms with van der Waals surface area (Å²) in [6.07, 6.45) is 0.787. The van der Waals surface area contributed by atoms with Gasteiger partial charge in [0.05, 0.1) is 12.5 Å². The second kappa shape index (κ2) is 4.86. The molecule has 0 aromatic carbocycles. The summed E-state index contributed by atoms with van der Waals surface area (Å²) in [4.78, 5) is 37.6. The Morgan fingerprint density at radius 3 is 2.20 bits per heavy atom. The molecule has 5 heteroatoms. The van der Waals surface area contributed by atoms with Gasteiger partial charge in [-0.2, -0.15) is 0 Å². The third-order valence-corrected chi connectivity index (χ3v) is 4.11. The molecule has 114 valence electrons. The molecule has 1 heterocycles. The van der Waals surface area contributed by atoms with E-state index in [1.165, 1.54) is 19.1 Å². The molecule has 1 aliphatic heterocycles. The lowest BCUT2D eigenvalue weighted by molar-refractivity contribution is -0.168. The van der Waals surface area contributed by atoms with E-state index in [2.05, 4.69) is 0 Å². The van der Waals surface area contributed by atoms with E-state index in [4.69, 9.17) is 4.74 Å². The number of piperidine rings is 1. The molecule has 0 spiro atoms. The zero-order valence-corrected chi connectivity index (χ0v) is 13.5. The van der Waals surface area contributed by atoms with Crippen molar-refractivity contribution in [2.75, 3.05) is 14.2 Å². The molecule has 5 nitrogen and oxygen atoms in total. The first-order valence-electron chi connectivity index (χ1n) is 6.78. The minimum absolute atomic E-state index is 0.171. The number of likely N-dealkylation sites (tertiary alicyclic amines) is 1.